The standard InChI is InChI=1S/C20H20F3NO4/c21-20(22,23)17-9-5-4-8-16(17)15(11-24-13-25)10-18(19(26)27)28-12-14-6-2-1-3-7-14/h1-9,13,15,18H,10-12H2,(H,24,25)(H,26,27). The number of carbonyl (C=O) groups is 2. The van der Waals surface area contributed by atoms with Crippen LogP contribution in [0.3, 0.4) is 0 Å². The fourth-order valence-corrected chi connectivity index (χ4v) is 2.89. The Labute approximate surface area is 160 Å². The van der Waals surface area contributed by atoms with Gasteiger partial charge in [-0.25, -0.2) is 4.79 Å². The van der Waals surface area contributed by atoms with E-state index in [0.717, 1.165) is 11.6 Å². The van der Waals surface area contributed by atoms with Gasteiger partial charge in [-0.1, -0.05) is 48.5 Å². The number of amides is 1. The van der Waals surface area contributed by atoms with E-state index in [2.05, 4.69) is 5.32 Å². The maximum atomic E-state index is 13.4. The number of alkyl halides is 3. The Kier molecular flexibility index (Phi) is 7.57. The zero-order chi connectivity index (χ0) is 20.6. The Morgan fingerprint density at radius 1 is 1.11 bits per heavy atom. The van der Waals surface area contributed by atoms with Gasteiger partial charge in [-0.15, -0.1) is 0 Å². The molecule has 0 bridgehead atoms. The number of rotatable bonds is 10. The van der Waals surface area contributed by atoms with E-state index in [0.29, 0.717) is 6.41 Å². The summed E-state index contributed by atoms with van der Waals surface area (Å²) in [6, 6.07) is 13.8. The number of benzene rings is 2. The summed E-state index contributed by atoms with van der Waals surface area (Å²) in [6.45, 7) is -0.137. The van der Waals surface area contributed by atoms with E-state index >= 15 is 0 Å². The molecule has 0 aliphatic rings. The molecule has 0 aliphatic heterocycles. The summed E-state index contributed by atoms with van der Waals surface area (Å²) in [6.07, 6.45) is -5.79. The summed E-state index contributed by atoms with van der Waals surface area (Å²) in [4.78, 5) is 22.3. The third kappa shape index (κ3) is 6.09. The molecule has 2 atom stereocenters. The molecule has 28 heavy (non-hydrogen) atoms. The highest BCUT2D eigenvalue weighted by Crippen LogP contribution is 2.36. The van der Waals surface area contributed by atoms with Crippen LogP contribution in [-0.2, 0) is 27.1 Å². The molecule has 2 aromatic carbocycles. The maximum absolute atomic E-state index is 13.4. The third-order valence-electron chi connectivity index (χ3n) is 4.22. The van der Waals surface area contributed by atoms with Crippen molar-refractivity contribution in [2.75, 3.05) is 6.54 Å². The van der Waals surface area contributed by atoms with Crippen LogP contribution in [0.1, 0.15) is 29.0 Å². The Morgan fingerprint density at radius 2 is 1.75 bits per heavy atom. The van der Waals surface area contributed by atoms with Crippen molar-refractivity contribution in [3.8, 4) is 0 Å². The molecule has 2 aromatic rings. The van der Waals surface area contributed by atoms with Crippen LogP contribution in [0.4, 0.5) is 13.2 Å². The molecule has 0 saturated carbocycles. The quantitative estimate of drug-likeness (QED) is 0.603. The van der Waals surface area contributed by atoms with Gasteiger partial charge < -0.3 is 15.2 Å². The van der Waals surface area contributed by atoms with Crippen molar-refractivity contribution < 1.29 is 32.6 Å². The molecule has 0 spiro atoms. The topological polar surface area (TPSA) is 75.6 Å². The molecule has 0 fully saturated rings. The lowest BCUT2D eigenvalue weighted by Gasteiger charge is -2.24. The molecule has 0 radical (unpaired) electrons. The van der Waals surface area contributed by atoms with E-state index in [1.54, 1.807) is 30.3 Å². The van der Waals surface area contributed by atoms with Gasteiger partial charge in [0.15, 0.2) is 6.10 Å². The number of carboxylic acid groups (broad SMARTS) is 1. The van der Waals surface area contributed by atoms with Gasteiger partial charge in [-0.2, -0.15) is 13.2 Å². The average Bonchev–Trinajstić information content (AvgIpc) is 2.67. The third-order valence-corrected chi connectivity index (χ3v) is 4.22. The molecular weight excluding hydrogens is 375 g/mol. The van der Waals surface area contributed by atoms with Crippen LogP contribution in [-0.4, -0.2) is 30.1 Å². The first-order valence-corrected chi connectivity index (χ1v) is 8.54. The second kappa shape index (κ2) is 9.89. The second-order valence-electron chi connectivity index (χ2n) is 6.17. The van der Waals surface area contributed by atoms with Crippen LogP contribution < -0.4 is 5.32 Å². The average molecular weight is 395 g/mol. The lowest BCUT2D eigenvalue weighted by atomic mass is 9.89. The summed E-state index contributed by atoms with van der Waals surface area (Å²) < 4.78 is 45.5. The number of hydrogen-bond acceptors (Lipinski definition) is 3. The van der Waals surface area contributed by atoms with E-state index < -0.39 is 29.7 Å². The smallest absolute Gasteiger partial charge is 0.416 e. The van der Waals surface area contributed by atoms with Crippen molar-refractivity contribution in [2.24, 2.45) is 0 Å². The van der Waals surface area contributed by atoms with Crippen molar-refractivity contribution >= 4 is 12.4 Å². The molecule has 0 aromatic heterocycles. The van der Waals surface area contributed by atoms with E-state index in [-0.39, 0.29) is 25.1 Å². The van der Waals surface area contributed by atoms with Crippen molar-refractivity contribution in [1.82, 2.24) is 5.32 Å². The van der Waals surface area contributed by atoms with Crippen molar-refractivity contribution in [1.29, 1.82) is 0 Å². The molecule has 8 heteroatoms. The Bertz CT molecular complexity index is 781. The number of carboxylic acids is 1. The zero-order valence-corrected chi connectivity index (χ0v) is 14.9. The van der Waals surface area contributed by atoms with Gasteiger partial charge in [0.1, 0.15) is 0 Å². The number of carbonyl (C=O) groups excluding carboxylic acids is 1. The summed E-state index contributed by atoms with van der Waals surface area (Å²) in [5.74, 6) is -2.17. The fourth-order valence-electron chi connectivity index (χ4n) is 2.89. The first kappa shape index (κ1) is 21.4. The first-order valence-electron chi connectivity index (χ1n) is 8.54. The molecule has 0 saturated heterocycles. The molecule has 5 nitrogen and oxygen atoms in total. The predicted molar refractivity (Wildman–Crippen MR) is 95.5 cm³/mol. The SMILES string of the molecule is O=CNCC(CC(OCc1ccccc1)C(=O)O)c1ccccc1C(F)(F)F. The Balaban J connectivity index is 2.24. The van der Waals surface area contributed by atoms with Gasteiger partial charge in [0.2, 0.25) is 6.41 Å². The van der Waals surface area contributed by atoms with Crippen molar-refractivity contribution in [2.45, 2.75) is 31.2 Å². The molecule has 2 N–H and O–H groups in total. The van der Waals surface area contributed by atoms with Gasteiger partial charge >= 0.3 is 12.1 Å². The normalized spacial score (nSPS) is 13.5. The van der Waals surface area contributed by atoms with E-state index in [4.69, 9.17) is 4.74 Å². The number of nitrogens with one attached hydrogen (secondary N) is 1. The van der Waals surface area contributed by atoms with Crippen LogP contribution >= 0.6 is 0 Å². The highest BCUT2D eigenvalue weighted by Gasteiger charge is 2.36. The largest absolute Gasteiger partial charge is 0.479 e. The molecule has 2 unspecified atom stereocenters. The van der Waals surface area contributed by atoms with Crippen molar-refractivity contribution in [3.05, 3.63) is 71.3 Å². The van der Waals surface area contributed by atoms with Gasteiger partial charge in [0, 0.05) is 12.5 Å². The molecule has 1 amide bonds. The van der Waals surface area contributed by atoms with Gasteiger partial charge in [0.25, 0.3) is 0 Å². The monoisotopic (exact) mass is 395 g/mol. The first-order chi connectivity index (χ1) is 13.3. The lowest BCUT2D eigenvalue weighted by molar-refractivity contribution is -0.152. The second-order valence-corrected chi connectivity index (χ2v) is 6.17. The number of aliphatic carboxylic acids is 1. The summed E-state index contributed by atoms with van der Waals surface area (Å²) in [5.41, 5.74) is -0.203. The summed E-state index contributed by atoms with van der Waals surface area (Å²) in [7, 11) is 0. The summed E-state index contributed by atoms with van der Waals surface area (Å²) in [5, 5.41) is 11.8. The van der Waals surface area contributed by atoms with E-state index in [1.807, 2.05) is 0 Å². The van der Waals surface area contributed by atoms with Crippen LogP contribution in [0.2, 0.25) is 0 Å². The zero-order valence-electron chi connectivity index (χ0n) is 14.9. The minimum Gasteiger partial charge on any atom is -0.479 e. The highest BCUT2D eigenvalue weighted by molar-refractivity contribution is 5.72. The fraction of sp³-hybridized carbons (Fsp3) is 0.300. The molecule has 2 rings (SSSR count). The molecule has 150 valence electrons. The number of halogens is 3. The highest BCUT2D eigenvalue weighted by atomic mass is 19.4. The van der Waals surface area contributed by atoms with E-state index in [9.17, 15) is 27.9 Å². The van der Waals surface area contributed by atoms with Crippen LogP contribution in [0, 0.1) is 0 Å². The minimum atomic E-state index is -4.60. The maximum Gasteiger partial charge on any atom is 0.416 e. The molecular formula is C20H20F3NO4. The molecule has 0 aliphatic carbocycles. The summed E-state index contributed by atoms with van der Waals surface area (Å²) >= 11 is 0. The Morgan fingerprint density at radius 3 is 2.36 bits per heavy atom. The minimum absolute atomic E-state index is 0.00650. The van der Waals surface area contributed by atoms with Gasteiger partial charge in [-0.3, -0.25) is 4.79 Å². The molecule has 0 heterocycles. The Hall–Kier alpha value is -2.87. The van der Waals surface area contributed by atoms with Crippen LogP contribution in [0.25, 0.3) is 0 Å². The van der Waals surface area contributed by atoms with Crippen LogP contribution in [0.15, 0.2) is 54.6 Å². The van der Waals surface area contributed by atoms with Crippen molar-refractivity contribution in [3.63, 3.8) is 0 Å². The number of ether oxygens (including phenoxy) is 1. The van der Waals surface area contributed by atoms with Gasteiger partial charge in [-0.05, 0) is 23.6 Å². The lowest BCUT2D eigenvalue weighted by Crippen LogP contribution is -2.31. The predicted octanol–water partition coefficient (Wildman–Crippen LogP) is 3.60. The van der Waals surface area contributed by atoms with E-state index in [1.165, 1.54) is 18.2 Å². The van der Waals surface area contributed by atoms with Crippen LogP contribution in [0.5, 0.6) is 0 Å². The number of hydrogen-bond donors (Lipinski definition) is 2. The van der Waals surface area contributed by atoms with Gasteiger partial charge in [0.05, 0.1) is 12.2 Å².